The average Bonchev–Trinajstić information content (AvgIpc) is 2.61. The number of hydrogen-bond donors (Lipinski definition) is 2. The molecule has 2 aromatic carbocycles. The molecule has 0 spiro atoms. The second-order valence-electron chi connectivity index (χ2n) is 5.52. The molecule has 1 aromatic heterocycles. The van der Waals surface area contributed by atoms with Crippen molar-refractivity contribution in [1.29, 1.82) is 0 Å². The Labute approximate surface area is 145 Å². The van der Waals surface area contributed by atoms with Crippen molar-refractivity contribution < 1.29 is 9.13 Å². The molecular weight excluding hydrogens is 319 g/mol. The summed E-state index contributed by atoms with van der Waals surface area (Å²) in [5.41, 5.74) is 1.88. The van der Waals surface area contributed by atoms with Gasteiger partial charge in [0.15, 0.2) is 0 Å². The largest absolute Gasteiger partial charge is 0.497 e. The van der Waals surface area contributed by atoms with E-state index < -0.39 is 0 Å². The standard InChI is InChI=1S/C19H19FN4O/c1-13-22-18(21-12-14-3-5-15(20)6-4-14)11-19(23-13)24-16-7-9-17(25-2)10-8-16/h3-11H,12H2,1-2H3,(H2,21,22,23,24). The lowest BCUT2D eigenvalue weighted by Crippen LogP contribution is -2.05. The van der Waals surface area contributed by atoms with E-state index in [0.717, 1.165) is 17.0 Å². The average molecular weight is 338 g/mol. The molecule has 6 heteroatoms. The van der Waals surface area contributed by atoms with Crippen molar-refractivity contribution in [2.75, 3.05) is 17.7 Å². The SMILES string of the molecule is COc1ccc(Nc2cc(NCc3ccc(F)cc3)nc(C)n2)cc1. The van der Waals surface area contributed by atoms with Crippen LogP contribution in [0.4, 0.5) is 21.7 Å². The topological polar surface area (TPSA) is 59.1 Å². The normalized spacial score (nSPS) is 10.4. The molecule has 0 aliphatic carbocycles. The van der Waals surface area contributed by atoms with Crippen LogP contribution >= 0.6 is 0 Å². The number of rotatable bonds is 6. The van der Waals surface area contributed by atoms with Gasteiger partial charge in [0.25, 0.3) is 0 Å². The van der Waals surface area contributed by atoms with Gasteiger partial charge in [-0.15, -0.1) is 0 Å². The molecule has 128 valence electrons. The van der Waals surface area contributed by atoms with Crippen molar-refractivity contribution >= 4 is 17.3 Å². The Hall–Kier alpha value is -3.15. The smallest absolute Gasteiger partial charge is 0.136 e. The van der Waals surface area contributed by atoms with E-state index in [1.165, 1.54) is 12.1 Å². The summed E-state index contributed by atoms with van der Waals surface area (Å²) in [6.07, 6.45) is 0. The highest BCUT2D eigenvalue weighted by Gasteiger charge is 2.03. The molecule has 25 heavy (non-hydrogen) atoms. The molecule has 0 amide bonds. The van der Waals surface area contributed by atoms with Gasteiger partial charge in [0.2, 0.25) is 0 Å². The van der Waals surface area contributed by atoms with Crippen molar-refractivity contribution in [3.8, 4) is 5.75 Å². The molecule has 0 saturated heterocycles. The Morgan fingerprint density at radius 3 is 2.32 bits per heavy atom. The predicted molar refractivity (Wildman–Crippen MR) is 96.8 cm³/mol. The van der Waals surface area contributed by atoms with Crippen molar-refractivity contribution in [1.82, 2.24) is 9.97 Å². The Morgan fingerprint density at radius 1 is 0.960 bits per heavy atom. The third-order valence-corrected chi connectivity index (χ3v) is 3.59. The van der Waals surface area contributed by atoms with Crippen LogP contribution in [0.5, 0.6) is 5.75 Å². The Morgan fingerprint density at radius 2 is 1.64 bits per heavy atom. The van der Waals surface area contributed by atoms with Crippen LogP contribution in [0.2, 0.25) is 0 Å². The summed E-state index contributed by atoms with van der Waals surface area (Å²) >= 11 is 0. The number of halogens is 1. The third-order valence-electron chi connectivity index (χ3n) is 3.59. The fourth-order valence-electron chi connectivity index (χ4n) is 2.34. The zero-order valence-corrected chi connectivity index (χ0v) is 14.1. The maximum atomic E-state index is 13.0. The van der Waals surface area contributed by atoms with Gasteiger partial charge in [0, 0.05) is 18.3 Å². The summed E-state index contributed by atoms with van der Waals surface area (Å²) in [7, 11) is 1.63. The van der Waals surface area contributed by atoms with Crippen LogP contribution in [0.15, 0.2) is 54.6 Å². The third kappa shape index (κ3) is 4.67. The molecule has 0 saturated carbocycles. The second kappa shape index (κ2) is 7.61. The van der Waals surface area contributed by atoms with Crippen LogP contribution in [0.3, 0.4) is 0 Å². The van der Waals surface area contributed by atoms with E-state index in [2.05, 4.69) is 20.6 Å². The fourth-order valence-corrected chi connectivity index (χ4v) is 2.34. The molecule has 0 atom stereocenters. The summed E-state index contributed by atoms with van der Waals surface area (Å²) in [4.78, 5) is 8.77. The van der Waals surface area contributed by atoms with Crippen molar-refractivity contribution in [2.45, 2.75) is 13.5 Å². The zero-order chi connectivity index (χ0) is 17.6. The number of nitrogens with one attached hydrogen (secondary N) is 2. The summed E-state index contributed by atoms with van der Waals surface area (Å²) in [5, 5.41) is 6.48. The van der Waals surface area contributed by atoms with E-state index in [4.69, 9.17) is 4.74 Å². The van der Waals surface area contributed by atoms with Gasteiger partial charge >= 0.3 is 0 Å². The van der Waals surface area contributed by atoms with E-state index in [-0.39, 0.29) is 5.82 Å². The van der Waals surface area contributed by atoms with Gasteiger partial charge in [-0.1, -0.05) is 12.1 Å². The first kappa shape index (κ1) is 16.7. The fraction of sp³-hybridized carbons (Fsp3) is 0.158. The number of ether oxygens (including phenoxy) is 1. The minimum atomic E-state index is -0.243. The molecule has 5 nitrogen and oxygen atoms in total. The summed E-state index contributed by atoms with van der Waals surface area (Å²) in [6.45, 7) is 2.39. The molecule has 0 aliphatic rings. The van der Waals surface area contributed by atoms with E-state index in [1.807, 2.05) is 37.3 Å². The first-order valence-electron chi connectivity index (χ1n) is 7.87. The van der Waals surface area contributed by atoms with E-state index in [1.54, 1.807) is 19.2 Å². The van der Waals surface area contributed by atoms with Gasteiger partial charge in [-0.3, -0.25) is 0 Å². The van der Waals surface area contributed by atoms with Crippen molar-refractivity contribution in [2.24, 2.45) is 0 Å². The maximum absolute atomic E-state index is 13.0. The molecule has 0 fully saturated rings. The number of aromatic nitrogens is 2. The highest BCUT2D eigenvalue weighted by Crippen LogP contribution is 2.20. The lowest BCUT2D eigenvalue weighted by molar-refractivity contribution is 0.415. The van der Waals surface area contributed by atoms with Crippen LogP contribution in [0.25, 0.3) is 0 Å². The number of methoxy groups -OCH3 is 1. The quantitative estimate of drug-likeness (QED) is 0.702. The molecule has 3 rings (SSSR count). The lowest BCUT2D eigenvalue weighted by atomic mass is 10.2. The number of anilines is 3. The first-order valence-corrected chi connectivity index (χ1v) is 7.87. The minimum absolute atomic E-state index is 0.243. The number of hydrogen-bond acceptors (Lipinski definition) is 5. The molecule has 0 bridgehead atoms. The summed E-state index contributed by atoms with van der Waals surface area (Å²) < 4.78 is 18.1. The molecule has 0 unspecified atom stereocenters. The summed E-state index contributed by atoms with van der Waals surface area (Å²) in [5.74, 6) is 2.60. The monoisotopic (exact) mass is 338 g/mol. The van der Waals surface area contributed by atoms with Crippen LogP contribution in [0, 0.1) is 12.7 Å². The van der Waals surface area contributed by atoms with Crippen molar-refractivity contribution in [3.63, 3.8) is 0 Å². The first-order chi connectivity index (χ1) is 12.1. The molecular formula is C19H19FN4O. The predicted octanol–water partition coefficient (Wildman–Crippen LogP) is 4.29. The lowest BCUT2D eigenvalue weighted by Gasteiger charge is -2.11. The highest BCUT2D eigenvalue weighted by atomic mass is 19.1. The second-order valence-corrected chi connectivity index (χ2v) is 5.52. The van der Waals surface area contributed by atoms with Crippen molar-refractivity contribution in [3.05, 3.63) is 71.8 Å². The number of benzene rings is 2. The maximum Gasteiger partial charge on any atom is 0.136 e. The minimum Gasteiger partial charge on any atom is -0.497 e. The van der Waals surface area contributed by atoms with Gasteiger partial charge in [0.05, 0.1) is 7.11 Å². The molecule has 2 N–H and O–H groups in total. The molecule has 3 aromatic rings. The highest BCUT2D eigenvalue weighted by molar-refractivity contribution is 5.60. The number of aryl methyl sites for hydroxylation is 1. The molecule has 1 heterocycles. The summed E-state index contributed by atoms with van der Waals surface area (Å²) in [6, 6.07) is 15.8. The van der Waals surface area contributed by atoms with Crippen LogP contribution in [0.1, 0.15) is 11.4 Å². The molecule has 0 aliphatic heterocycles. The van der Waals surface area contributed by atoms with Crippen LogP contribution in [-0.4, -0.2) is 17.1 Å². The Bertz CT molecular complexity index is 835. The van der Waals surface area contributed by atoms with Gasteiger partial charge in [-0.05, 0) is 48.9 Å². The van der Waals surface area contributed by atoms with Gasteiger partial charge in [-0.25, -0.2) is 14.4 Å². The Kier molecular flexibility index (Phi) is 5.09. The van der Waals surface area contributed by atoms with Crippen LogP contribution in [-0.2, 0) is 6.54 Å². The van der Waals surface area contributed by atoms with Gasteiger partial charge in [0.1, 0.15) is 29.0 Å². The van der Waals surface area contributed by atoms with Gasteiger partial charge in [-0.2, -0.15) is 0 Å². The zero-order valence-electron chi connectivity index (χ0n) is 14.1. The van der Waals surface area contributed by atoms with Crippen LogP contribution < -0.4 is 15.4 Å². The van der Waals surface area contributed by atoms with E-state index in [0.29, 0.717) is 24.0 Å². The molecule has 0 radical (unpaired) electrons. The van der Waals surface area contributed by atoms with E-state index in [9.17, 15) is 4.39 Å². The van der Waals surface area contributed by atoms with E-state index >= 15 is 0 Å². The number of nitrogens with zero attached hydrogens (tertiary/aromatic N) is 2. The van der Waals surface area contributed by atoms with Gasteiger partial charge < -0.3 is 15.4 Å². The Balaban J connectivity index is 1.69.